The molecule has 0 aliphatic heterocycles. The number of halogens is 16. The predicted molar refractivity (Wildman–Crippen MR) is 52.2 cm³/mol. The standard InChI is InChI=1S/C8H2F16O3S/c9-1(10)2(11,12)3(13,14)4(15,16)5(17,18)6(19,20)7(21,22)8(23,24)28(25,26)27/h1H,(H,25,26,27). The van der Waals surface area contributed by atoms with Crippen molar-refractivity contribution in [2.24, 2.45) is 0 Å². The maximum Gasteiger partial charge on any atom is 0.438 e. The molecule has 0 spiro atoms. The van der Waals surface area contributed by atoms with Crippen LogP contribution in [0.4, 0.5) is 70.2 Å². The van der Waals surface area contributed by atoms with E-state index < -0.39 is 57.3 Å². The summed E-state index contributed by atoms with van der Waals surface area (Å²) < 4.78 is 231. The van der Waals surface area contributed by atoms with Gasteiger partial charge in [-0.3, -0.25) is 4.55 Å². The van der Waals surface area contributed by atoms with Crippen LogP contribution in [0.25, 0.3) is 0 Å². The van der Waals surface area contributed by atoms with Crippen molar-refractivity contribution in [3.8, 4) is 0 Å². The normalized spacial score (nSPS) is 16.6. The number of alkyl halides is 16. The van der Waals surface area contributed by atoms with Gasteiger partial charge >= 0.3 is 57.3 Å². The molecule has 0 aliphatic carbocycles. The van der Waals surface area contributed by atoms with Gasteiger partial charge in [0.05, 0.1) is 0 Å². The average Bonchev–Trinajstić information content (AvgIpc) is 2.44. The van der Waals surface area contributed by atoms with Gasteiger partial charge in [0.2, 0.25) is 0 Å². The highest BCUT2D eigenvalue weighted by Gasteiger charge is 2.94. The zero-order valence-corrected chi connectivity index (χ0v) is 12.6. The van der Waals surface area contributed by atoms with Gasteiger partial charge < -0.3 is 0 Å². The monoisotopic (exact) mass is 482 g/mol. The van der Waals surface area contributed by atoms with E-state index in [-0.39, 0.29) is 0 Å². The summed E-state index contributed by atoms with van der Waals surface area (Å²) in [7, 11) is -7.82. The van der Waals surface area contributed by atoms with Gasteiger partial charge in [-0.05, 0) is 0 Å². The van der Waals surface area contributed by atoms with Gasteiger partial charge in [0.1, 0.15) is 0 Å². The van der Waals surface area contributed by atoms with Gasteiger partial charge in [-0.2, -0.15) is 69.9 Å². The predicted octanol–water partition coefficient (Wildman–Crippen LogP) is 4.54. The Hall–Kier alpha value is -1.21. The molecule has 170 valence electrons. The highest BCUT2D eigenvalue weighted by atomic mass is 32.2. The number of hydrogen-bond donors (Lipinski definition) is 1. The average molecular weight is 482 g/mol. The summed E-state index contributed by atoms with van der Waals surface area (Å²) in [6, 6.07) is 0. The summed E-state index contributed by atoms with van der Waals surface area (Å²) in [6.07, 6.45) is -5.97. The molecular weight excluding hydrogens is 480 g/mol. The first-order chi connectivity index (χ1) is 11.7. The molecule has 0 aromatic heterocycles. The first-order valence-corrected chi connectivity index (χ1v) is 7.03. The summed E-state index contributed by atoms with van der Waals surface area (Å²) in [5.74, 6) is -50.1. The van der Waals surface area contributed by atoms with E-state index in [0.29, 0.717) is 0 Å². The van der Waals surface area contributed by atoms with Crippen molar-refractivity contribution < 1.29 is 83.2 Å². The lowest BCUT2D eigenvalue weighted by Gasteiger charge is -2.41. The molecule has 0 atom stereocenters. The van der Waals surface area contributed by atoms with Crippen LogP contribution in [-0.2, 0) is 10.1 Å². The molecule has 0 rings (SSSR count). The van der Waals surface area contributed by atoms with Crippen molar-refractivity contribution in [1.82, 2.24) is 0 Å². The van der Waals surface area contributed by atoms with E-state index >= 15 is 0 Å². The Morgan fingerprint density at radius 2 is 0.786 bits per heavy atom. The Bertz CT molecular complexity index is 695. The molecule has 0 bridgehead atoms. The molecule has 0 saturated heterocycles. The van der Waals surface area contributed by atoms with Crippen LogP contribution in [0.3, 0.4) is 0 Å². The highest BCUT2D eigenvalue weighted by molar-refractivity contribution is 7.87. The van der Waals surface area contributed by atoms with Crippen molar-refractivity contribution in [1.29, 1.82) is 0 Å². The van der Waals surface area contributed by atoms with E-state index in [2.05, 4.69) is 0 Å². The Balaban J connectivity index is 6.80. The molecule has 0 saturated carbocycles. The lowest BCUT2D eigenvalue weighted by molar-refractivity contribution is -0.441. The second kappa shape index (κ2) is 6.39. The second-order valence-corrected chi connectivity index (χ2v) is 6.25. The highest BCUT2D eigenvalue weighted by Crippen LogP contribution is 2.63. The Kier molecular flexibility index (Phi) is 6.12. The van der Waals surface area contributed by atoms with Gasteiger partial charge in [0.25, 0.3) is 0 Å². The fraction of sp³-hybridized carbons (Fsp3) is 1.00. The molecule has 0 aliphatic rings. The van der Waals surface area contributed by atoms with Crippen LogP contribution < -0.4 is 0 Å². The molecule has 20 heteroatoms. The van der Waals surface area contributed by atoms with Crippen LogP contribution in [-0.4, -0.2) is 60.2 Å². The molecule has 3 nitrogen and oxygen atoms in total. The van der Waals surface area contributed by atoms with E-state index in [1.54, 1.807) is 0 Å². The van der Waals surface area contributed by atoms with Crippen LogP contribution in [0.1, 0.15) is 0 Å². The van der Waals surface area contributed by atoms with Gasteiger partial charge in [0, 0.05) is 0 Å². The number of hydrogen-bond acceptors (Lipinski definition) is 2. The number of rotatable bonds is 8. The van der Waals surface area contributed by atoms with E-state index in [1.165, 1.54) is 0 Å². The Morgan fingerprint density at radius 1 is 0.536 bits per heavy atom. The Morgan fingerprint density at radius 3 is 1.04 bits per heavy atom. The van der Waals surface area contributed by atoms with Crippen LogP contribution in [0.2, 0.25) is 0 Å². The molecule has 1 N–H and O–H groups in total. The van der Waals surface area contributed by atoms with E-state index in [1.807, 2.05) is 0 Å². The lowest BCUT2D eigenvalue weighted by Crippen LogP contribution is -2.74. The Labute approximate surface area is 142 Å². The van der Waals surface area contributed by atoms with Gasteiger partial charge in [0.15, 0.2) is 0 Å². The van der Waals surface area contributed by atoms with Crippen molar-refractivity contribution in [3.63, 3.8) is 0 Å². The maximum absolute atomic E-state index is 13.0. The molecule has 0 aromatic rings. The first-order valence-electron chi connectivity index (χ1n) is 5.59. The van der Waals surface area contributed by atoms with Crippen molar-refractivity contribution >= 4 is 10.1 Å². The molecule has 0 unspecified atom stereocenters. The van der Waals surface area contributed by atoms with Crippen molar-refractivity contribution in [2.75, 3.05) is 0 Å². The van der Waals surface area contributed by atoms with Gasteiger partial charge in [-0.15, -0.1) is 0 Å². The largest absolute Gasteiger partial charge is 0.438 e. The van der Waals surface area contributed by atoms with Gasteiger partial charge in [-0.25, -0.2) is 8.78 Å². The molecule has 0 aromatic carbocycles. The molecule has 0 heterocycles. The molecule has 0 radical (unpaired) electrons. The third kappa shape index (κ3) is 3.05. The van der Waals surface area contributed by atoms with E-state index in [9.17, 15) is 78.7 Å². The van der Waals surface area contributed by atoms with Crippen LogP contribution in [0.5, 0.6) is 0 Å². The minimum atomic E-state index is -8.71. The van der Waals surface area contributed by atoms with Crippen LogP contribution in [0.15, 0.2) is 0 Å². The van der Waals surface area contributed by atoms with E-state index in [0.717, 1.165) is 0 Å². The summed E-state index contributed by atoms with van der Waals surface area (Å²) in [6.45, 7) is 0. The second-order valence-electron chi connectivity index (χ2n) is 4.79. The van der Waals surface area contributed by atoms with Crippen molar-refractivity contribution in [2.45, 2.75) is 47.2 Å². The zero-order valence-electron chi connectivity index (χ0n) is 11.8. The first kappa shape index (κ1) is 26.8. The SMILES string of the molecule is O=S(=O)(O)C(F)(F)C(F)(F)C(F)(F)C(F)(F)C(F)(F)C(F)(F)C(F)(F)C(F)F. The fourth-order valence-electron chi connectivity index (χ4n) is 1.28. The molecule has 0 fully saturated rings. The van der Waals surface area contributed by atoms with Gasteiger partial charge in [-0.1, -0.05) is 0 Å². The summed E-state index contributed by atoms with van der Waals surface area (Å²) in [5, 5.41) is -7.76. The van der Waals surface area contributed by atoms with Crippen molar-refractivity contribution in [3.05, 3.63) is 0 Å². The lowest BCUT2D eigenvalue weighted by atomic mass is 9.91. The van der Waals surface area contributed by atoms with Crippen LogP contribution in [0, 0.1) is 0 Å². The third-order valence-electron chi connectivity index (χ3n) is 2.96. The summed E-state index contributed by atoms with van der Waals surface area (Å²) >= 11 is 0. The molecule has 28 heavy (non-hydrogen) atoms. The smallest absolute Gasteiger partial charge is 0.281 e. The summed E-state index contributed by atoms with van der Waals surface area (Å²) in [5.41, 5.74) is 0. The molecular formula is C8H2F16O3S. The van der Waals surface area contributed by atoms with E-state index in [4.69, 9.17) is 4.55 Å². The zero-order chi connectivity index (χ0) is 23.6. The minimum Gasteiger partial charge on any atom is -0.281 e. The summed E-state index contributed by atoms with van der Waals surface area (Å²) in [4.78, 5) is 0. The third-order valence-corrected chi connectivity index (χ3v) is 3.86. The topological polar surface area (TPSA) is 54.4 Å². The van der Waals surface area contributed by atoms with Crippen LogP contribution >= 0.6 is 0 Å². The fourth-order valence-corrected chi connectivity index (χ4v) is 1.73. The maximum atomic E-state index is 13.0. The quantitative estimate of drug-likeness (QED) is 0.409. The minimum absolute atomic E-state index is 5.97. The molecule has 0 amide bonds.